The topological polar surface area (TPSA) is 6.48 Å². The number of fused-ring (bicyclic) bond motifs is 2. The van der Waals surface area contributed by atoms with Crippen molar-refractivity contribution in [1.29, 1.82) is 0 Å². The van der Waals surface area contributed by atoms with E-state index in [1.807, 2.05) is 0 Å². The van der Waals surface area contributed by atoms with E-state index in [2.05, 4.69) is 34.1 Å². The lowest BCUT2D eigenvalue weighted by Crippen LogP contribution is -2.44. The highest BCUT2D eigenvalue weighted by atomic mass is 15.3. The summed E-state index contributed by atoms with van der Waals surface area (Å²) < 4.78 is 0. The molecule has 0 spiro atoms. The van der Waals surface area contributed by atoms with Crippen molar-refractivity contribution in [2.45, 2.75) is 50.6 Å². The van der Waals surface area contributed by atoms with Crippen LogP contribution in [-0.2, 0) is 12.8 Å². The molecule has 1 aromatic rings. The van der Waals surface area contributed by atoms with E-state index in [1.165, 1.54) is 64.7 Å². The Bertz CT molecular complexity index is 470. The van der Waals surface area contributed by atoms with E-state index in [1.54, 1.807) is 11.1 Å². The summed E-state index contributed by atoms with van der Waals surface area (Å²) in [6.07, 6.45) is 8.15. The summed E-state index contributed by atoms with van der Waals surface area (Å²) in [5, 5.41) is 0. The first-order chi connectivity index (χ1) is 9.90. The zero-order chi connectivity index (χ0) is 13.4. The molecule has 2 aliphatic heterocycles. The molecule has 0 saturated carbocycles. The molecule has 2 nitrogen and oxygen atoms in total. The van der Waals surface area contributed by atoms with Crippen LogP contribution in [0.4, 0.5) is 0 Å². The summed E-state index contributed by atoms with van der Waals surface area (Å²) in [7, 11) is 0. The second-order valence-electron chi connectivity index (χ2n) is 6.85. The second kappa shape index (κ2) is 5.50. The molecule has 2 saturated heterocycles. The Balaban J connectivity index is 1.48. The third-order valence-corrected chi connectivity index (χ3v) is 5.67. The van der Waals surface area contributed by atoms with Gasteiger partial charge in [0.05, 0.1) is 0 Å². The highest BCUT2D eigenvalue weighted by molar-refractivity contribution is 5.30. The zero-order valence-electron chi connectivity index (χ0n) is 12.4. The Morgan fingerprint density at radius 2 is 1.60 bits per heavy atom. The molecule has 0 bridgehead atoms. The minimum atomic E-state index is 0.797. The van der Waals surface area contributed by atoms with Crippen molar-refractivity contribution in [3.05, 3.63) is 35.4 Å². The van der Waals surface area contributed by atoms with Crippen molar-refractivity contribution in [1.82, 2.24) is 9.80 Å². The van der Waals surface area contributed by atoms with Gasteiger partial charge in [-0.05, 0) is 69.3 Å². The first-order valence-electron chi connectivity index (χ1n) is 8.45. The molecule has 3 aliphatic rings. The predicted molar refractivity (Wildman–Crippen MR) is 83.0 cm³/mol. The van der Waals surface area contributed by atoms with E-state index in [9.17, 15) is 0 Å². The van der Waals surface area contributed by atoms with Crippen molar-refractivity contribution in [2.75, 3.05) is 26.2 Å². The fourth-order valence-electron chi connectivity index (χ4n) is 4.56. The van der Waals surface area contributed by atoms with Gasteiger partial charge in [-0.25, -0.2) is 0 Å². The van der Waals surface area contributed by atoms with Gasteiger partial charge in [-0.2, -0.15) is 0 Å². The van der Waals surface area contributed by atoms with Crippen molar-refractivity contribution >= 4 is 0 Å². The lowest BCUT2D eigenvalue weighted by Gasteiger charge is -2.36. The van der Waals surface area contributed by atoms with Crippen LogP contribution < -0.4 is 0 Å². The van der Waals surface area contributed by atoms with Gasteiger partial charge in [-0.15, -0.1) is 0 Å². The van der Waals surface area contributed by atoms with Crippen LogP contribution >= 0.6 is 0 Å². The third kappa shape index (κ3) is 2.40. The SMILES string of the molecule is c1ccc2c(c1)CCC(N1CCCN3CCCC3C1)C2. The van der Waals surface area contributed by atoms with Gasteiger partial charge < -0.3 is 0 Å². The van der Waals surface area contributed by atoms with Crippen LogP contribution in [0, 0.1) is 0 Å². The smallest absolute Gasteiger partial charge is 0.0223 e. The average Bonchev–Trinajstić information content (AvgIpc) is 2.84. The second-order valence-corrected chi connectivity index (χ2v) is 6.85. The summed E-state index contributed by atoms with van der Waals surface area (Å²) >= 11 is 0. The third-order valence-electron chi connectivity index (χ3n) is 5.67. The van der Waals surface area contributed by atoms with Crippen LogP contribution in [0.1, 0.15) is 36.8 Å². The molecule has 0 radical (unpaired) electrons. The molecule has 2 unspecified atom stereocenters. The Morgan fingerprint density at radius 1 is 0.800 bits per heavy atom. The van der Waals surface area contributed by atoms with E-state index >= 15 is 0 Å². The van der Waals surface area contributed by atoms with E-state index in [0.717, 1.165) is 12.1 Å². The van der Waals surface area contributed by atoms with E-state index in [-0.39, 0.29) is 0 Å². The van der Waals surface area contributed by atoms with Gasteiger partial charge in [-0.1, -0.05) is 24.3 Å². The standard InChI is InChI=1S/C18H26N2/c1-2-6-16-13-17(9-8-15(16)5-1)20-12-4-11-19-10-3-7-18(19)14-20/h1-2,5-6,17-18H,3-4,7-14H2. The Kier molecular flexibility index (Phi) is 3.53. The number of aryl methyl sites for hydroxylation is 1. The monoisotopic (exact) mass is 270 g/mol. The van der Waals surface area contributed by atoms with Crippen LogP contribution in [0.3, 0.4) is 0 Å². The molecule has 1 aromatic carbocycles. The van der Waals surface area contributed by atoms with E-state index < -0.39 is 0 Å². The predicted octanol–water partition coefficient (Wildman–Crippen LogP) is 2.71. The van der Waals surface area contributed by atoms with Gasteiger partial charge in [0.1, 0.15) is 0 Å². The summed E-state index contributed by atoms with van der Waals surface area (Å²) in [4.78, 5) is 5.57. The molecule has 2 fully saturated rings. The molecular weight excluding hydrogens is 244 g/mol. The van der Waals surface area contributed by atoms with Crippen LogP contribution in [0.2, 0.25) is 0 Å². The molecular formula is C18H26N2. The van der Waals surface area contributed by atoms with Gasteiger partial charge >= 0.3 is 0 Å². The van der Waals surface area contributed by atoms with E-state index in [4.69, 9.17) is 0 Å². The molecule has 0 aromatic heterocycles. The molecule has 0 amide bonds. The Labute approximate surface area is 122 Å². The number of benzene rings is 1. The maximum atomic E-state index is 2.83. The minimum absolute atomic E-state index is 0.797. The summed E-state index contributed by atoms with van der Waals surface area (Å²) in [5.74, 6) is 0. The average molecular weight is 270 g/mol. The zero-order valence-corrected chi connectivity index (χ0v) is 12.4. The quantitative estimate of drug-likeness (QED) is 0.774. The van der Waals surface area contributed by atoms with E-state index in [0.29, 0.717) is 0 Å². The maximum Gasteiger partial charge on any atom is 0.0223 e. The number of hydrogen-bond acceptors (Lipinski definition) is 2. The molecule has 108 valence electrons. The van der Waals surface area contributed by atoms with Gasteiger partial charge in [0.15, 0.2) is 0 Å². The molecule has 0 N–H and O–H groups in total. The largest absolute Gasteiger partial charge is 0.299 e. The molecule has 2 atom stereocenters. The van der Waals surface area contributed by atoms with Crippen LogP contribution in [0.25, 0.3) is 0 Å². The maximum absolute atomic E-state index is 2.83. The fourth-order valence-corrected chi connectivity index (χ4v) is 4.56. The lowest BCUT2D eigenvalue weighted by molar-refractivity contribution is 0.160. The number of rotatable bonds is 1. The van der Waals surface area contributed by atoms with Crippen molar-refractivity contribution in [3.8, 4) is 0 Å². The Morgan fingerprint density at radius 3 is 2.55 bits per heavy atom. The number of nitrogens with zero attached hydrogens (tertiary/aromatic N) is 2. The summed E-state index contributed by atoms with van der Waals surface area (Å²) in [6.45, 7) is 5.34. The first kappa shape index (κ1) is 12.8. The highest BCUT2D eigenvalue weighted by Crippen LogP contribution is 2.28. The summed E-state index contributed by atoms with van der Waals surface area (Å²) in [5.41, 5.74) is 3.21. The fraction of sp³-hybridized carbons (Fsp3) is 0.667. The minimum Gasteiger partial charge on any atom is -0.299 e. The normalized spacial score (nSPS) is 31.6. The van der Waals surface area contributed by atoms with Crippen LogP contribution in [-0.4, -0.2) is 48.1 Å². The van der Waals surface area contributed by atoms with Crippen molar-refractivity contribution < 1.29 is 0 Å². The van der Waals surface area contributed by atoms with Gasteiger partial charge in [0, 0.05) is 18.6 Å². The molecule has 2 heteroatoms. The molecule has 20 heavy (non-hydrogen) atoms. The first-order valence-corrected chi connectivity index (χ1v) is 8.45. The molecule has 4 rings (SSSR count). The van der Waals surface area contributed by atoms with Crippen molar-refractivity contribution in [3.63, 3.8) is 0 Å². The van der Waals surface area contributed by atoms with Crippen LogP contribution in [0.5, 0.6) is 0 Å². The molecule has 2 heterocycles. The van der Waals surface area contributed by atoms with Crippen LogP contribution in [0.15, 0.2) is 24.3 Å². The highest BCUT2D eigenvalue weighted by Gasteiger charge is 2.32. The van der Waals surface area contributed by atoms with Gasteiger partial charge in [0.2, 0.25) is 0 Å². The van der Waals surface area contributed by atoms with Gasteiger partial charge in [0.25, 0.3) is 0 Å². The lowest BCUT2D eigenvalue weighted by atomic mass is 9.87. The molecule has 1 aliphatic carbocycles. The van der Waals surface area contributed by atoms with Gasteiger partial charge in [-0.3, -0.25) is 9.80 Å². The van der Waals surface area contributed by atoms with Crippen molar-refractivity contribution in [2.24, 2.45) is 0 Å². The number of hydrogen-bond donors (Lipinski definition) is 0. The Hall–Kier alpha value is -0.860. The summed E-state index contributed by atoms with van der Waals surface area (Å²) in [6, 6.07) is 10.7.